The van der Waals surface area contributed by atoms with Gasteiger partial charge in [-0.15, -0.1) is 0 Å². The number of rotatable bonds is 8. The molecule has 7 nitrogen and oxygen atoms in total. The lowest BCUT2D eigenvalue weighted by atomic mass is 10.1. The van der Waals surface area contributed by atoms with Gasteiger partial charge in [0.1, 0.15) is 5.75 Å². The van der Waals surface area contributed by atoms with Crippen molar-refractivity contribution >= 4 is 29.2 Å². The molecule has 0 unspecified atom stereocenters. The number of benzene rings is 2. The van der Waals surface area contributed by atoms with E-state index in [1.54, 1.807) is 31.4 Å². The molecular formula is C21H24N2O5. The van der Waals surface area contributed by atoms with Gasteiger partial charge in [-0.2, -0.15) is 0 Å². The maximum atomic E-state index is 12.2. The second kappa shape index (κ2) is 10.1. The summed E-state index contributed by atoms with van der Waals surface area (Å²) in [6.45, 7) is 2.93. The average molecular weight is 384 g/mol. The Morgan fingerprint density at radius 2 is 1.57 bits per heavy atom. The highest BCUT2D eigenvalue weighted by molar-refractivity contribution is 5.95. The van der Waals surface area contributed by atoms with Crippen LogP contribution >= 0.6 is 0 Å². The first-order chi connectivity index (χ1) is 13.4. The molecule has 0 aliphatic carbocycles. The molecule has 0 saturated heterocycles. The zero-order valence-electron chi connectivity index (χ0n) is 16.2. The molecule has 0 fully saturated rings. The Balaban J connectivity index is 1.82. The number of carbonyl (C=O) groups is 3. The van der Waals surface area contributed by atoms with Crippen LogP contribution in [0.4, 0.5) is 11.4 Å². The van der Waals surface area contributed by atoms with Gasteiger partial charge in [0.15, 0.2) is 6.10 Å². The number of para-hydroxylation sites is 1. The molecule has 0 heterocycles. The van der Waals surface area contributed by atoms with E-state index in [0.29, 0.717) is 23.5 Å². The largest absolute Gasteiger partial charge is 0.496 e. The van der Waals surface area contributed by atoms with Gasteiger partial charge in [0, 0.05) is 24.7 Å². The Kier molecular flexibility index (Phi) is 7.56. The summed E-state index contributed by atoms with van der Waals surface area (Å²) in [5.74, 6) is -0.360. The highest BCUT2D eigenvalue weighted by Gasteiger charge is 2.18. The molecule has 0 aliphatic rings. The van der Waals surface area contributed by atoms with Crippen LogP contribution in [0.1, 0.15) is 25.8 Å². The molecule has 0 saturated carbocycles. The maximum absolute atomic E-state index is 12.2. The van der Waals surface area contributed by atoms with Crippen molar-refractivity contribution in [1.82, 2.24) is 0 Å². The van der Waals surface area contributed by atoms with Crippen molar-refractivity contribution in [3.63, 3.8) is 0 Å². The molecule has 148 valence electrons. The lowest BCUT2D eigenvalue weighted by molar-refractivity contribution is -0.153. The molecule has 0 spiro atoms. The molecule has 0 radical (unpaired) electrons. The topological polar surface area (TPSA) is 93.7 Å². The molecule has 0 aromatic heterocycles. The Bertz CT molecular complexity index is 833. The Morgan fingerprint density at radius 1 is 0.964 bits per heavy atom. The van der Waals surface area contributed by atoms with Gasteiger partial charge in [-0.3, -0.25) is 14.4 Å². The fraction of sp³-hybridized carbons (Fsp3) is 0.286. The molecule has 2 aromatic rings. The number of ether oxygens (including phenoxy) is 2. The minimum absolute atomic E-state index is 0.142. The summed E-state index contributed by atoms with van der Waals surface area (Å²) in [4.78, 5) is 35.3. The number of esters is 1. The van der Waals surface area contributed by atoms with Gasteiger partial charge in [-0.05, 0) is 49.2 Å². The molecule has 1 atom stereocenters. The maximum Gasteiger partial charge on any atom is 0.306 e. The monoisotopic (exact) mass is 384 g/mol. The van der Waals surface area contributed by atoms with Crippen molar-refractivity contribution in [2.45, 2.75) is 32.8 Å². The van der Waals surface area contributed by atoms with Crippen LogP contribution in [0.15, 0.2) is 48.5 Å². The third kappa shape index (κ3) is 6.42. The van der Waals surface area contributed by atoms with Gasteiger partial charge < -0.3 is 20.1 Å². The van der Waals surface area contributed by atoms with E-state index in [-0.39, 0.29) is 12.3 Å². The number of hydrogen-bond acceptors (Lipinski definition) is 5. The van der Waals surface area contributed by atoms with E-state index in [4.69, 9.17) is 9.47 Å². The van der Waals surface area contributed by atoms with Crippen LogP contribution in [0.5, 0.6) is 5.75 Å². The van der Waals surface area contributed by atoms with Gasteiger partial charge in [0.05, 0.1) is 7.11 Å². The van der Waals surface area contributed by atoms with E-state index in [1.165, 1.54) is 13.8 Å². The Morgan fingerprint density at radius 3 is 2.18 bits per heavy atom. The predicted octanol–water partition coefficient (Wildman–Crippen LogP) is 3.16. The number of carbonyl (C=O) groups excluding carboxylic acids is 3. The zero-order chi connectivity index (χ0) is 20.5. The second-order valence-corrected chi connectivity index (χ2v) is 6.19. The van der Waals surface area contributed by atoms with Crippen LogP contribution in [0.3, 0.4) is 0 Å². The molecule has 28 heavy (non-hydrogen) atoms. The van der Waals surface area contributed by atoms with Crippen molar-refractivity contribution in [3.05, 3.63) is 54.1 Å². The lowest BCUT2D eigenvalue weighted by Crippen LogP contribution is -2.30. The van der Waals surface area contributed by atoms with Gasteiger partial charge >= 0.3 is 5.97 Å². The SMILES string of the molecule is COc1ccccc1CCC(=O)O[C@@H](C)C(=O)Nc1ccc(NC(C)=O)cc1. The summed E-state index contributed by atoms with van der Waals surface area (Å²) in [5, 5.41) is 5.31. The number of amides is 2. The summed E-state index contributed by atoms with van der Waals surface area (Å²) in [7, 11) is 1.58. The first-order valence-corrected chi connectivity index (χ1v) is 8.89. The molecular weight excluding hydrogens is 360 g/mol. The van der Waals surface area contributed by atoms with Gasteiger partial charge in [0.2, 0.25) is 5.91 Å². The molecule has 2 amide bonds. The van der Waals surface area contributed by atoms with Crippen LogP contribution in [-0.2, 0) is 25.5 Å². The normalized spacial score (nSPS) is 11.2. The van der Waals surface area contributed by atoms with Crippen molar-refractivity contribution < 1.29 is 23.9 Å². The Hall–Kier alpha value is -3.35. The highest BCUT2D eigenvalue weighted by Crippen LogP contribution is 2.19. The summed E-state index contributed by atoms with van der Waals surface area (Å²) < 4.78 is 10.5. The van der Waals surface area contributed by atoms with Crippen LogP contribution in [0.25, 0.3) is 0 Å². The average Bonchev–Trinajstić information content (AvgIpc) is 2.67. The van der Waals surface area contributed by atoms with Crippen LogP contribution in [-0.4, -0.2) is 31.0 Å². The molecule has 2 N–H and O–H groups in total. The fourth-order valence-corrected chi connectivity index (χ4v) is 2.54. The minimum atomic E-state index is -0.930. The summed E-state index contributed by atoms with van der Waals surface area (Å²) >= 11 is 0. The quantitative estimate of drug-likeness (QED) is 0.682. The third-order valence-corrected chi connectivity index (χ3v) is 3.94. The van der Waals surface area contributed by atoms with E-state index in [9.17, 15) is 14.4 Å². The number of nitrogens with one attached hydrogen (secondary N) is 2. The summed E-state index contributed by atoms with van der Waals surface area (Å²) in [6, 6.07) is 14.1. The number of aryl methyl sites for hydroxylation is 1. The van der Waals surface area contributed by atoms with E-state index < -0.39 is 18.0 Å². The minimum Gasteiger partial charge on any atom is -0.496 e. The Labute approximate surface area is 164 Å². The van der Waals surface area contributed by atoms with Crippen molar-refractivity contribution in [2.24, 2.45) is 0 Å². The molecule has 0 aliphatic heterocycles. The van der Waals surface area contributed by atoms with Crippen molar-refractivity contribution in [2.75, 3.05) is 17.7 Å². The van der Waals surface area contributed by atoms with Gasteiger partial charge in [-0.1, -0.05) is 18.2 Å². The van der Waals surface area contributed by atoms with Gasteiger partial charge in [0.25, 0.3) is 5.91 Å². The zero-order valence-corrected chi connectivity index (χ0v) is 16.2. The highest BCUT2D eigenvalue weighted by atomic mass is 16.5. The molecule has 2 rings (SSSR count). The molecule has 7 heteroatoms. The number of anilines is 2. The fourth-order valence-electron chi connectivity index (χ4n) is 2.54. The van der Waals surface area contributed by atoms with Crippen LogP contribution < -0.4 is 15.4 Å². The second-order valence-electron chi connectivity index (χ2n) is 6.19. The van der Waals surface area contributed by atoms with Crippen molar-refractivity contribution in [1.29, 1.82) is 0 Å². The first kappa shape index (κ1) is 21.0. The van der Waals surface area contributed by atoms with Gasteiger partial charge in [-0.25, -0.2) is 0 Å². The lowest BCUT2D eigenvalue weighted by Gasteiger charge is -2.14. The smallest absolute Gasteiger partial charge is 0.306 e. The standard InChI is InChI=1S/C21H24N2O5/c1-14(21(26)23-18-11-9-17(10-12-18)22-15(2)24)28-20(25)13-8-16-6-4-5-7-19(16)27-3/h4-7,9-12,14H,8,13H2,1-3H3,(H,22,24)(H,23,26)/t14-/m0/s1. The molecule has 0 bridgehead atoms. The van der Waals surface area contributed by atoms with Crippen LogP contribution in [0.2, 0.25) is 0 Å². The summed E-state index contributed by atoms with van der Waals surface area (Å²) in [5.41, 5.74) is 2.07. The van der Waals surface area contributed by atoms with Crippen LogP contribution in [0, 0.1) is 0 Å². The van der Waals surface area contributed by atoms with E-state index >= 15 is 0 Å². The van der Waals surface area contributed by atoms with E-state index in [2.05, 4.69) is 10.6 Å². The predicted molar refractivity (Wildman–Crippen MR) is 106 cm³/mol. The third-order valence-electron chi connectivity index (χ3n) is 3.94. The van der Waals surface area contributed by atoms with E-state index in [1.807, 2.05) is 24.3 Å². The summed E-state index contributed by atoms with van der Waals surface area (Å²) in [6.07, 6.45) is -0.328. The van der Waals surface area contributed by atoms with Crippen molar-refractivity contribution in [3.8, 4) is 5.75 Å². The first-order valence-electron chi connectivity index (χ1n) is 8.89. The molecule has 2 aromatic carbocycles. The number of hydrogen-bond donors (Lipinski definition) is 2. The number of methoxy groups -OCH3 is 1. The van der Waals surface area contributed by atoms with E-state index in [0.717, 1.165) is 5.56 Å².